The van der Waals surface area contributed by atoms with Gasteiger partial charge in [-0.3, -0.25) is 4.79 Å². The van der Waals surface area contributed by atoms with E-state index >= 15 is 0 Å². The summed E-state index contributed by atoms with van der Waals surface area (Å²) in [6, 6.07) is 0. The number of ketones is 1. The van der Waals surface area contributed by atoms with E-state index in [0.717, 1.165) is 25.7 Å². The summed E-state index contributed by atoms with van der Waals surface area (Å²) >= 11 is 0. The summed E-state index contributed by atoms with van der Waals surface area (Å²) in [5, 5.41) is 10.1. The summed E-state index contributed by atoms with van der Waals surface area (Å²) in [5.41, 5.74) is 1.74. The van der Waals surface area contributed by atoms with Gasteiger partial charge in [-0.2, -0.15) is 0 Å². The smallest absolute Gasteiger partial charge is 0.137 e. The Labute approximate surface area is 134 Å². The summed E-state index contributed by atoms with van der Waals surface area (Å²) in [6.07, 6.45) is 9.48. The van der Waals surface area contributed by atoms with Crippen molar-refractivity contribution in [1.82, 2.24) is 0 Å². The number of allylic oxidation sites excluding steroid dienone is 2. The zero-order chi connectivity index (χ0) is 15.7. The van der Waals surface area contributed by atoms with Gasteiger partial charge in [0.05, 0.1) is 6.10 Å². The van der Waals surface area contributed by atoms with Gasteiger partial charge < -0.3 is 5.11 Å². The molecule has 0 spiro atoms. The highest BCUT2D eigenvalue weighted by atomic mass is 16.3. The molecule has 4 aliphatic carbocycles. The van der Waals surface area contributed by atoms with Crippen LogP contribution in [0.1, 0.15) is 65.7 Å². The van der Waals surface area contributed by atoms with Crippen LogP contribution in [0.15, 0.2) is 11.6 Å². The molecule has 0 heterocycles. The van der Waals surface area contributed by atoms with Crippen molar-refractivity contribution < 1.29 is 9.90 Å². The van der Waals surface area contributed by atoms with Gasteiger partial charge in [0.15, 0.2) is 0 Å². The van der Waals surface area contributed by atoms with Gasteiger partial charge in [0.2, 0.25) is 0 Å². The minimum Gasteiger partial charge on any atom is -0.393 e. The van der Waals surface area contributed by atoms with E-state index < -0.39 is 0 Å². The summed E-state index contributed by atoms with van der Waals surface area (Å²) < 4.78 is 0. The molecule has 0 radical (unpaired) electrons. The molecule has 0 unspecified atom stereocenters. The highest BCUT2D eigenvalue weighted by Gasteiger charge is 2.61. The quantitative estimate of drug-likeness (QED) is 0.683. The van der Waals surface area contributed by atoms with Gasteiger partial charge in [-0.05, 0) is 74.0 Å². The number of hydrogen-bond donors (Lipinski definition) is 1. The zero-order valence-electron chi connectivity index (χ0n) is 14.3. The van der Waals surface area contributed by atoms with Crippen LogP contribution in [-0.4, -0.2) is 17.0 Å². The molecule has 122 valence electrons. The number of aliphatic hydroxyl groups excluding tert-OH is 1. The van der Waals surface area contributed by atoms with Crippen LogP contribution in [0.4, 0.5) is 0 Å². The SMILES string of the molecule is CC1=CC[C@H]2[C@@H]3CC[C@H]4C[C@H](O)CC[C@]4(C)[C@H]3C(=O)C[C@]12C. The molecule has 1 N–H and O–H groups in total. The molecule has 0 aromatic carbocycles. The lowest BCUT2D eigenvalue weighted by atomic mass is 9.44. The highest BCUT2D eigenvalue weighted by Crippen LogP contribution is 2.65. The lowest BCUT2D eigenvalue weighted by Crippen LogP contribution is -2.57. The Morgan fingerprint density at radius 3 is 2.77 bits per heavy atom. The van der Waals surface area contributed by atoms with Crippen molar-refractivity contribution in [2.45, 2.75) is 71.8 Å². The number of carbonyl (C=O) groups excluding carboxylic acids is 1. The predicted octanol–water partition coefficient (Wildman–Crippen LogP) is 4.13. The molecule has 3 fully saturated rings. The average Bonchev–Trinajstić information content (AvgIpc) is 2.75. The Balaban J connectivity index is 1.70. The second-order valence-electron chi connectivity index (χ2n) is 9.14. The number of carbonyl (C=O) groups is 1. The number of Topliss-reactive ketones (excluding diaryl/α,β-unsaturated/α-hetero) is 1. The molecular weight excluding hydrogens is 272 g/mol. The fourth-order valence-corrected chi connectivity index (χ4v) is 6.82. The standard InChI is InChI=1S/C20H30O2/c1-12-4-7-16-15-6-5-13-10-14(21)8-9-19(13,2)18(15)17(22)11-20(12,16)3/h4,13-16,18,21H,5-11H2,1-3H3/t13-,14+,15-,16-,18+,19-,20+/m0/s1. The van der Waals surface area contributed by atoms with Crippen LogP contribution in [0.2, 0.25) is 0 Å². The number of rotatable bonds is 0. The third kappa shape index (κ3) is 1.79. The minimum atomic E-state index is -0.131. The lowest BCUT2D eigenvalue weighted by Gasteiger charge is -2.59. The van der Waals surface area contributed by atoms with E-state index in [1.807, 2.05) is 0 Å². The van der Waals surface area contributed by atoms with Crippen LogP contribution in [0.5, 0.6) is 0 Å². The van der Waals surface area contributed by atoms with Gasteiger partial charge in [-0.15, -0.1) is 0 Å². The molecule has 2 heteroatoms. The normalized spacial score (nSPS) is 54.3. The highest BCUT2D eigenvalue weighted by molar-refractivity contribution is 5.85. The molecule has 3 saturated carbocycles. The Kier molecular flexibility index (Phi) is 3.18. The first-order valence-electron chi connectivity index (χ1n) is 9.24. The Hall–Kier alpha value is -0.630. The average molecular weight is 302 g/mol. The van der Waals surface area contributed by atoms with Crippen molar-refractivity contribution in [2.24, 2.45) is 34.5 Å². The largest absolute Gasteiger partial charge is 0.393 e. The van der Waals surface area contributed by atoms with Gasteiger partial charge in [-0.1, -0.05) is 25.5 Å². The molecule has 22 heavy (non-hydrogen) atoms. The Bertz CT molecular complexity index is 536. The van der Waals surface area contributed by atoms with Crippen molar-refractivity contribution in [1.29, 1.82) is 0 Å². The molecule has 7 atom stereocenters. The van der Waals surface area contributed by atoms with Crippen molar-refractivity contribution in [3.63, 3.8) is 0 Å². The topological polar surface area (TPSA) is 37.3 Å². The number of hydrogen-bond acceptors (Lipinski definition) is 2. The van der Waals surface area contributed by atoms with Gasteiger partial charge in [0, 0.05) is 12.3 Å². The maximum Gasteiger partial charge on any atom is 0.137 e. The first kappa shape index (κ1) is 14.9. The van der Waals surface area contributed by atoms with Crippen LogP contribution in [-0.2, 0) is 4.79 Å². The fraction of sp³-hybridized carbons (Fsp3) is 0.850. The molecule has 0 aromatic rings. The van der Waals surface area contributed by atoms with Crippen molar-refractivity contribution >= 4 is 5.78 Å². The van der Waals surface area contributed by atoms with E-state index in [-0.39, 0.29) is 22.9 Å². The molecule has 0 aromatic heterocycles. The van der Waals surface area contributed by atoms with Crippen molar-refractivity contribution in [3.05, 3.63) is 11.6 Å². The Morgan fingerprint density at radius 1 is 1.23 bits per heavy atom. The van der Waals surface area contributed by atoms with E-state index in [0.29, 0.717) is 23.5 Å². The van der Waals surface area contributed by atoms with Crippen LogP contribution in [0, 0.1) is 34.5 Å². The monoisotopic (exact) mass is 302 g/mol. The molecule has 0 amide bonds. The molecule has 0 aliphatic heterocycles. The van der Waals surface area contributed by atoms with E-state index in [2.05, 4.69) is 26.8 Å². The maximum atomic E-state index is 13.2. The molecule has 4 aliphatic rings. The summed E-state index contributed by atoms with van der Waals surface area (Å²) in [6.45, 7) is 6.94. The van der Waals surface area contributed by atoms with Crippen LogP contribution >= 0.6 is 0 Å². The van der Waals surface area contributed by atoms with Gasteiger partial charge >= 0.3 is 0 Å². The first-order chi connectivity index (χ1) is 10.4. The zero-order valence-corrected chi connectivity index (χ0v) is 14.3. The maximum absolute atomic E-state index is 13.2. The first-order valence-corrected chi connectivity index (χ1v) is 9.24. The molecule has 0 bridgehead atoms. The fourth-order valence-electron chi connectivity index (χ4n) is 6.82. The van der Waals surface area contributed by atoms with E-state index in [1.54, 1.807) is 0 Å². The number of aliphatic hydroxyl groups is 1. The number of fused-ring (bicyclic) bond motifs is 5. The molecule has 2 nitrogen and oxygen atoms in total. The third-order valence-electron chi connectivity index (χ3n) is 8.29. The van der Waals surface area contributed by atoms with Crippen LogP contribution in [0.3, 0.4) is 0 Å². The molecule has 0 saturated heterocycles. The third-order valence-corrected chi connectivity index (χ3v) is 8.29. The predicted molar refractivity (Wildman–Crippen MR) is 87.3 cm³/mol. The van der Waals surface area contributed by atoms with E-state index in [4.69, 9.17) is 0 Å². The Morgan fingerprint density at radius 2 is 2.00 bits per heavy atom. The minimum absolute atomic E-state index is 0.131. The van der Waals surface area contributed by atoms with Gasteiger partial charge in [0.25, 0.3) is 0 Å². The van der Waals surface area contributed by atoms with E-state index in [1.165, 1.54) is 24.8 Å². The summed E-state index contributed by atoms with van der Waals surface area (Å²) in [4.78, 5) is 13.2. The van der Waals surface area contributed by atoms with E-state index in [9.17, 15) is 9.90 Å². The summed E-state index contributed by atoms with van der Waals surface area (Å²) in [7, 11) is 0. The second kappa shape index (κ2) is 4.69. The van der Waals surface area contributed by atoms with Crippen molar-refractivity contribution in [2.75, 3.05) is 0 Å². The van der Waals surface area contributed by atoms with Crippen LogP contribution < -0.4 is 0 Å². The molecular formula is C20H30O2. The van der Waals surface area contributed by atoms with Gasteiger partial charge in [0.1, 0.15) is 5.78 Å². The summed E-state index contributed by atoms with van der Waals surface area (Å²) in [5.74, 6) is 2.61. The van der Waals surface area contributed by atoms with Crippen LogP contribution in [0.25, 0.3) is 0 Å². The van der Waals surface area contributed by atoms with Gasteiger partial charge in [-0.25, -0.2) is 0 Å². The molecule has 4 rings (SSSR count). The second-order valence-corrected chi connectivity index (χ2v) is 9.14. The lowest BCUT2D eigenvalue weighted by molar-refractivity contribution is -0.157. The van der Waals surface area contributed by atoms with Crippen molar-refractivity contribution in [3.8, 4) is 0 Å².